The predicted octanol–water partition coefficient (Wildman–Crippen LogP) is -0.707. The second-order valence-electron chi connectivity index (χ2n) is 7.37. The Hall–Kier alpha value is -2.71. The van der Waals surface area contributed by atoms with Gasteiger partial charge in [-0.15, -0.1) is 0 Å². The lowest BCUT2D eigenvalue weighted by atomic mass is 10.0. The van der Waals surface area contributed by atoms with Gasteiger partial charge in [0.25, 0.3) is 0 Å². The van der Waals surface area contributed by atoms with Crippen LogP contribution in [0.5, 0.6) is 0 Å². The summed E-state index contributed by atoms with van der Waals surface area (Å²) in [5.41, 5.74) is 6.09. The highest BCUT2D eigenvalue weighted by Crippen LogP contribution is 2.23. The van der Waals surface area contributed by atoms with Gasteiger partial charge in [0.1, 0.15) is 17.9 Å². The van der Waals surface area contributed by atoms with Crippen molar-refractivity contribution in [2.24, 2.45) is 18.7 Å². The lowest BCUT2D eigenvalue weighted by Gasteiger charge is -2.28. The molecule has 0 radical (unpaired) electrons. The first-order valence-corrected chi connectivity index (χ1v) is 9.24. The van der Waals surface area contributed by atoms with E-state index in [1.165, 1.54) is 4.90 Å². The molecule has 9 heteroatoms. The first-order valence-electron chi connectivity index (χ1n) is 9.24. The third kappa shape index (κ3) is 4.35. The Kier molecular flexibility index (Phi) is 5.57. The number of carbonyl (C=O) groups excluding carboxylic acids is 4. The lowest BCUT2D eigenvalue weighted by molar-refractivity contribution is -0.141. The van der Waals surface area contributed by atoms with Crippen LogP contribution in [0.15, 0.2) is 12.5 Å². The summed E-state index contributed by atoms with van der Waals surface area (Å²) in [6.45, 7) is 0.433. The van der Waals surface area contributed by atoms with Crippen molar-refractivity contribution >= 4 is 23.5 Å². The average Bonchev–Trinajstić information content (AvgIpc) is 3.34. The molecule has 3 atom stereocenters. The number of aryl methyl sites for hydroxylation is 1. The predicted molar refractivity (Wildman–Crippen MR) is 95.1 cm³/mol. The Morgan fingerprint density at radius 3 is 2.74 bits per heavy atom. The number of hydrogen-bond donors (Lipinski definition) is 2. The van der Waals surface area contributed by atoms with E-state index in [1.54, 1.807) is 17.1 Å². The minimum Gasteiger partial charge on any atom is -0.368 e. The van der Waals surface area contributed by atoms with E-state index in [-0.39, 0.29) is 30.4 Å². The molecular formula is C18H25N5O4. The monoisotopic (exact) mass is 375 g/mol. The van der Waals surface area contributed by atoms with Gasteiger partial charge in [0.15, 0.2) is 0 Å². The lowest BCUT2D eigenvalue weighted by Crippen LogP contribution is -2.54. The number of nitrogens with one attached hydrogen (secondary N) is 1. The molecule has 3 amide bonds. The molecule has 0 aromatic carbocycles. The van der Waals surface area contributed by atoms with Gasteiger partial charge in [0, 0.05) is 45.0 Å². The number of primary amides is 1. The highest BCUT2D eigenvalue weighted by atomic mass is 16.2. The molecule has 2 fully saturated rings. The van der Waals surface area contributed by atoms with Gasteiger partial charge in [0.05, 0.1) is 12.0 Å². The Morgan fingerprint density at radius 1 is 1.37 bits per heavy atom. The van der Waals surface area contributed by atoms with E-state index >= 15 is 0 Å². The normalized spacial score (nSPS) is 23.4. The number of imidazole rings is 1. The van der Waals surface area contributed by atoms with Gasteiger partial charge in [-0.05, 0) is 19.3 Å². The maximum Gasteiger partial charge on any atom is 0.246 e. The van der Waals surface area contributed by atoms with Crippen LogP contribution in [0.3, 0.4) is 0 Å². The molecule has 1 aliphatic carbocycles. The summed E-state index contributed by atoms with van der Waals surface area (Å²) in [5.74, 6) is -1.51. The summed E-state index contributed by atoms with van der Waals surface area (Å²) in [6, 6.07) is -1.49. The van der Waals surface area contributed by atoms with Crippen molar-refractivity contribution < 1.29 is 19.2 Å². The maximum absolute atomic E-state index is 13.1. The number of likely N-dealkylation sites (tertiary alicyclic amines) is 1. The number of hydrogen-bond acceptors (Lipinski definition) is 5. The summed E-state index contributed by atoms with van der Waals surface area (Å²) < 4.78 is 1.76. The molecule has 9 nitrogen and oxygen atoms in total. The van der Waals surface area contributed by atoms with Gasteiger partial charge >= 0.3 is 0 Å². The SMILES string of the molecule is Cn1cnc(C[C@H](NC(=O)[C@@H]2CCC(=O)C2)C(=O)N2CCC[C@H]2C(N)=O)c1. The molecule has 3 N–H and O–H groups in total. The number of nitrogens with two attached hydrogens (primary N) is 1. The van der Waals surface area contributed by atoms with Crippen molar-refractivity contribution in [1.82, 2.24) is 19.8 Å². The van der Waals surface area contributed by atoms with Crippen LogP contribution in [-0.4, -0.2) is 56.6 Å². The number of amides is 3. The average molecular weight is 375 g/mol. The van der Waals surface area contributed by atoms with Crippen LogP contribution in [0.4, 0.5) is 0 Å². The third-order valence-corrected chi connectivity index (χ3v) is 5.27. The second kappa shape index (κ2) is 7.89. The van der Waals surface area contributed by atoms with E-state index in [4.69, 9.17) is 5.73 Å². The number of aromatic nitrogens is 2. The number of nitrogens with zero attached hydrogens (tertiary/aromatic N) is 3. The summed E-state index contributed by atoms with van der Waals surface area (Å²) in [6.07, 6.45) is 5.95. The minimum absolute atomic E-state index is 0.0658. The molecular weight excluding hydrogens is 350 g/mol. The zero-order chi connectivity index (χ0) is 19.6. The molecule has 2 aliphatic rings. The standard InChI is InChI=1S/C18H25N5O4/c1-22-9-12(20-10-22)8-14(21-17(26)11-4-5-13(24)7-11)18(27)23-6-2-3-15(23)16(19)25/h9-11,14-15H,2-8H2,1H3,(H2,19,25)(H,21,26)/t11-,14+,15+/m1/s1. The van der Waals surface area contributed by atoms with Crippen LogP contribution in [0.2, 0.25) is 0 Å². The first kappa shape index (κ1) is 19.1. The summed E-state index contributed by atoms with van der Waals surface area (Å²) >= 11 is 0. The van der Waals surface area contributed by atoms with Crippen molar-refractivity contribution in [2.75, 3.05) is 6.54 Å². The van der Waals surface area contributed by atoms with Gasteiger partial charge in [-0.1, -0.05) is 0 Å². The van der Waals surface area contributed by atoms with Crippen LogP contribution in [0, 0.1) is 5.92 Å². The summed E-state index contributed by atoms with van der Waals surface area (Å²) in [5, 5.41) is 2.79. The zero-order valence-corrected chi connectivity index (χ0v) is 15.4. The minimum atomic E-state index is -0.844. The molecule has 0 unspecified atom stereocenters. The second-order valence-corrected chi connectivity index (χ2v) is 7.37. The molecule has 3 rings (SSSR count). The zero-order valence-electron chi connectivity index (χ0n) is 15.4. The molecule has 1 saturated carbocycles. The van der Waals surface area contributed by atoms with Crippen molar-refractivity contribution in [1.29, 1.82) is 0 Å². The van der Waals surface area contributed by atoms with Crippen LogP contribution in [-0.2, 0) is 32.6 Å². The van der Waals surface area contributed by atoms with E-state index in [0.29, 0.717) is 37.9 Å². The van der Waals surface area contributed by atoms with Gasteiger partial charge in [0.2, 0.25) is 17.7 Å². The summed E-state index contributed by atoms with van der Waals surface area (Å²) in [7, 11) is 1.82. The fourth-order valence-corrected chi connectivity index (χ4v) is 3.84. The number of carbonyl (C=O) groups is 4. The topological polar surface area (TPSA) is 127 Å². The number of Topliss-reactive ketones (excluding diaryl/α,β-unsaturated/α-hetero) is 1. The Morgan fingerprint density at radius 2 is 2.15 bits per heavy atom. The molecule has 2 heterocycles. The Labute approximate surface area is 157 Å². The van der Waals surface area contributed by atoms with Crippen LogP contribution < -0.4 is 11.1 Å². The molecule has 27 heavy (non-hydrogen) atoms. The number of rotatable bonds is 6. The van der Waals surface area contributed by atoms with Crippen molar-refractivity contribution in [3.8, 4) is 0 Å². The smallest absolute Gasteiger partial charge is 0.246 e. The van der Waals surface area contributed by atoms with E-state index in [1.807, 2.05) is 7.05 Å². The largest absolute Gasteiger partial charge is 0.368 e. The van der Waals surface area contributed by atoms with E-state index in [2.05, 4.69) is 10.3 Å². The molecule has 1 aromatic rings. The fraction of sp³-hybridized carbons (Fsp3) is 0.611. The Bertz CT molecular complexity index is 759. The quantitative estimate of drug-likeness (QED) is 0.679. The number of ketones is 1. The summed E-state index contributed by atoms with van der Waals surface area (Å²) in [4.78, 5) is 54.5. The van der Waals surface area contributed by atoms with Crippen molar-refractivity contribution in [2.45, 2.75) is 50.6 Å². The van der Waals surface area contributed by atoms with Gasteiger partial charge < -0.3 is 20.5 Å². The Balaban J connectivity index is 1.76. The van der Waals surface area contributed by atoms with E-state index in [0.717, 1.165) is 0 Å². The van der Waals surface area contributed by atoms with Crippen LogP contribution >= 0.6 is 0 Å². The highest BCUT2D eigenvalue weighted by molar-refractivity contribution is 5.94. The van der Waals surface area contributed by atoms with Crippen molar-refractivity contribution in [3.05, 3.63) is 18.2 Å². The van der Waals surface area contributed by atoms with E-state index < -0.39 is 23.9 Å². The van der Waals surface area contributed by atoms with E-state index in [9.17, 15) is 19.2 Å². The first-order chi connectivity index (χ1) is 12.8. The van der Waals surface area contributed by atoms with Crippen molar-refractivity contribution in [3.63, 3.8) is 0 Å². The molecule has 0 spiro atoms. The third-order valence-electron chi connectivity index (χ3n) is 5.27. The molecule has 1 aromatic heterocycles. The van der Waals surface area contributed by atoms with Crippen LogP contribution in [0.25, 0.3) is 0 Å². The molecule has 1 aliphatic heterocycles. The van der Waals surface area contributed by atoms with Gasteiger partial charge in [-0.3, -0.25) is 19.2 Å². The maximum atomic E-state index is 13.1. The van der Waals surface area contributed by atoms with Gasteiger partial charge in [-0.25, -0.2) is 4.98 Å². The van der Waals surface area contributed by atoms with Crippen LogP contribution in [0.1, 0.15) is 37.8 Å². The van der Waals surface area contributed by atoms with Gasteiger partial charge in [-0.2, -0.15) is 0 Å². The molecule has 146 valence electrons. The molecule has 1 saturated heterocycles. The highest BCUT2D eigenvalue weighted by Gasteiger charge is 2.38. The fourth-order valence-electron chi connectivity index (χ4n) is 3.84. The molecule has 0 bridgehead atoms.